The lowest BCUT2D eigenvalue weighted by Gasteiger charge is -2.23. The van der Waals surface area contributed by atoms with Crippen LogP contribution in [0.25, 0.3) is 5.76 Å². The third-order valence-corrected chi connectivity index (χ3v) is 5.34. The van der Waals surface area contributed by atoms with Crippen molar-refractivity contribution >= 4 is 17.4 Å². The fraction of sp³-hybridized carbons (Fsp3) is 0.440. The predicted molar refractivity (Wildman–Crippen MR) is 119 cm³/mol. The molecular formula is C25H31NO5. The van der Waals surface area contributed by atoms with Crippen LogP contribution in [0.1, 0.15) is 62.3 Å². The van der Waals surface area contributed by atoms with Gasteiger partial charge in [0.15, 0.2) is 0 Å². The Morgan fingerprint density at radius 2 is 1.94 bits per heavy atom. The molecule has 0 radical (unpaired) electrons. The van der Waals surface area contributed by atoms with Gasteiger partial charge < -0.3 is 19.2 Å². The van der Waals surface area contributed by atoms with Gasteiger partial charge in [0.2, 0.25) is 0 Å². The van der Waals surface area contributed by atoms with E-state index < -0.39 is 17.7 Å². The molecule has 6 nitrogen and oxygen atoms in total. The lowest BCUT2D eigenvalue weighted by atomic mass is 9.98. The Morgan fingerprint density at radius 3 is 2.52 bits per heavy atom. The molecule has 1 fully saturated rings. The molecular weight excluding hydrogens is 394 g/mol. The van der Waals surface area contributed by atoms with Crippen molar-refractivity contribution in [3.8, 4) is 5.75 Å². The zero-order chi connectivity index (χ0) is 22.7. The number of rotatable bonds is 8. The Morgan fingerprint density at radius 1 is 1.19 bits per heavy atom. The van der Waals surface area contributed by atoms with Crippen molar-refractivity contribution in [3.05, 3.63) is 58.6 Å². The van der Waals surface area contributed by atoms with Gasteiger partial charge in [-0.15, -0.1) is 0 Å². The number of aryl methyl sites for hydroxylation is 2. The molecule has 0 spiro atoms. The van der Waals surface area contributed by atoms with Crippen LogP contribution >= 0.6 is 0 Å². The first-order valence-electron chi connectivity index (χ1n) is 10.8. The molecule has 1 aromatic heterocycles. The number of amides is 1. The van der Waals surface area contributed by atoms with E-state index in [0.29, 0.717) is 36.2 Å². The summed E-state index contributed by atoms with van der Waals surface area (Å²) in [5, 5.41) is 11.1. The molecule has 0 saturated carbocycles. The van der Waals surface area contributed by atoms with E-state index in [2.05, 4.69) is 13.8 Å². The average molecular weight is 426 g/mol. The van der Waals surface area contributed by atoms with E-state index in [-0.39, 0.29) is 11.3 Å². The van der Waals surface area contributed by atoms with Gasteiger partial charge in [-0.2, -0.15) is 0 Å². The molecule has 2 aromatic rings. The largest absolute Gasteiger partial charge is 0.507 e. The molecule has 1 aromatic carbocycles. The minimum Gasteiger partial charge on any atom is -0.507 e. The SMILES string of the molecule is CCCCN1C(=O)C(=O)/C(=C(\O)c2ccc(OCC(C)C)c(C)c2)C1c1ccc(C)o1. The number of nitrogens with zero attached hydrogens (tertiary/aromatic N) is 1. The summed E-state index contributed by atoms with van der Waals surface area (Å²) in [6, 6.07) is 8.08. The number of benzene rings is 1. The van der Waals surface area contributed by atoms with E-state index in [1.165, 1.54) is 4.90 Å². The van der Waals surface area contributed by atoms with Crippen LogP contribution in [0.15, 0.2) is 40.3 Å². The summed E-state index contributed by atoms with van der Waals surface area (Å²) in [5.74, 6) is 0.778. The minimum atomic E-state index is -0.738. The second-order valence-corrected chi connectivity index (χ2v) is 8.48. The van der Waals surface area contributed by atoms with E-state index in [0.717, 1.165) is 24.2 Å². The summed E-state index contributed by atoms with van der Waals surface area (Å²) < 4.78 is 11.6. The van der Waals surface area contributed by atoms with Gasteiger partial charge in [-0.3, -0.25) is 9.59 Å². The molecule has 1 aliphatic heterocycles. The molecule has 3 rings (SSSR count). The second-order valence-electron chi connectivity index (χ2n) is 8.48. The number of carbonyl (C=O) groups excluding carboxylic acids is 2. The van der Waals surface area contributed by atoms with Crippen LogP contribution in [0, 0.1) is 19.8 Å². The van der Waals surface area contributed by atoms with Crippen molar-refractivity contribution in [1.29, 1.82) is 0 Å². The number of aliphatic hydroxyl groups is 1. The number of unbranched alkanes of at least 4 members (excludes halogenated alkanes) is 1. The number of hydrogen-bond acceptors (Lipinski definition) is 5. The molecule has 1 aliphatic rings. The first-order valence-corrected chi connectivity index (χ1v) is 10.8. The maximum Gasteiger partial charge on any atom is 0.295 e. The van der Waals surface area contributed by atoms with Crippen LogP contribution in [0.5, 0.6) is 5.75 Å². The maximum absolute atomic E-state index is 12.9. The van der Waals surface area contributed by atoms with Gasteiger partial charge in [0.05, 0.1) is 12.2 Å². The number of furan rings is 1. The molecule has 1 amide bonds. The van der Waals surface area contributed by atoms with Crippen LogP contribution in [0.3, 0.4) is 0 Å². The Hall–Kier alpha value is -3.02. The van der Waals surface area contributed by atoms with Gasteiger partial charge in [0, 0.05) is 12.1 Å². The average Bonchev–Trinajstić information content (AvgIpc) is 3.26. The van der Waals surface area contributed by atoms with Crippen molar-refractivity contribution in [3.63, 3.8) is 0 Å². The van der Waals surface area contributed by atoms with E-state index in [1.54, 1.807) is 37.3 Å². The predicted octanol–water partition coefficient (Wildman–Crippen LogP) is 5.15. The normalized spacial score (nSPS) is 18.3. The standard InChI is InChI=1S/C25H31NO5/c1-6-7-12-26-22(20-10-8-17(5)31-20)21(24(28)25(26)29)23(27)18-9-11-19(16(4)13-18)30-14-15(2)3/h8-11,13,15,22,27H,6-7,12,14H2,1-5H3/b23-21-. The molecule has 1 unspecified atom stereocenters. The summed E-state index contributed by atoms with van der Waals surface area (Å²) in [4.78, 5) is 27.2. The summed E-state index contributed by atoms with van der Waals surface area (Å²) >= 11 is 0. The van der Waals surface area contributed by atoms with Crippen molar-refractivity contribution in [2.24, 2.45) is 5.92 Å². The van der Waals surface area contributed by atoms with Gasteiger partial charge >= 0.3 is 0 Å². The Balaban J connectivity index is 2.05. The van der Waals surface area contributed by atoms with Gasteiger partial charge in [-0.05, 0) is 62.1 Å². The Labute approximate surface area is 183 Å². The van der Waals surface area contributed by atoms with Crippen LogP contribution < -0.4 is 4.74 Å². The maximum atomic E-state index is 12.9. The van der Waals surface area contributed by atoms with Gasteiger partial charge in [-0.1, -0.05) is 27.2 Å². The summed E-state index contributed by atoms with van der Waals surface area (Å²) in [6.07, 6.45) is 1.63. The monoisotopic (exact) mass is 425 g/mol. The first kappa shape index (κ1) is 22.7. The highest BCUT2D eigenvalue weighted by atomic mass is 16.5. The van der Waals surface area contributed by atoms with Crippen molar-refractivity contribution in [1.82, 2.24) is 4.90 Å². The molecule has 6 heteroatoms. The van der Waals surface area contributed by atoms with Gasteiger partial charge in [0.1, 0.15) is 29.1 Å². The van der Waals surface area contributed by atoms with E-state index in [4.69, 9.17) is 9.15 Å². The molecule has 0 bridgehead atoms. The topological polar surface area (TPSA) is 80.0 Å². The van der Waals surface area contributed by atoms with Crippen LogP contribution in [0.4, 0.5) is 0 Å². The van der Waals surface area contributed by atoms with Crippen LogP contribution in [-0.2, 0) is 9.59 Å². The fourth-order valence-electron chi connectivity index (χ4n) is 3.71. The number of ether oxygens (including phenoxy) is 1. The molecule has 166 valence electrons. The third-order valence-electron chi connectivity index (χ3n) is 5.34. The highest BCUT2D eigenvalue weighted by molar-refractivity contribution is 6.46. The summed E-state index contributed by atoms with van der Waals surface area (Å²) in [6.45, 7) is 10.9. The Kier molecular flexibility index (Phi) is 6.88. The molecule has 31 heavy (non-hydrogen) atoms. The number of carbonyl (C=O) groups is 2. The molecule has 1 saturated heterocycles. The number of Topliss-reactive ketones (excluding diaryl/α,β-unsaturated/α-hetero) is 1. The highest BCUT2D eigenvalue weighted by Crippen LogP contribution is 2.40. The molecule has 2 heterocycles. The lowest BCUT2D eigenvalue weighted by Crippen LogP contribution is -2.30. The van der Waals surface area contributed by atoms with Crippen molar-refractivity contribution in [2.75, 3.05) is 13.2 Å². The number of likely N-dealkylation sites (tertiary alicyclic amines) is 1. The highest BCUT2D eigenvalue weighted by Gasteiger charge is 2.47. The number of hydrogen-bond donors (Lipinski definition) is 1. The lowest BCUT2D eigenvalue weighted by molar-refractivity contribution is -0.140. The third kappa shape index (κ3) is 4.68. The van der Waals surface area contributed by atoms with Crippen molar-refractivity contribution < 1.29 is 23.8 Å². The first-order chi connectivity index (χ1) is 14.7. The van der Waals surface area contributed by atoms with Crippen molar-refractivity contribution in [2.45, 2.75) is 53.5 Å². The fourth-order valence-corrected chi connectivity index (χ4v) is 3.71. The Bertz CT molecular complexity index is 1000. The van der Waals surface area contributed by atoms with Gasteiger partial charge in [-0.25, -0.2) is 0 Å². The van der Waals surface area contributed by atoms with Crippen LogP contribution in [-0.4, -0.2) is 34.8 Å². The zero-order valence-corrected chi connectivity index (χ0v) is 18.9. The summed E-state index contributed by atoms with van der Waals surface area (Å²) in [5.41, 5.74) is 1.37. The van der Waals surface area contributed by atoms with Crippen LogP contribution in [0.2, 0.25) is 0 Å². The van der Waals surface area contributed by atoms with E-state index in [1.807, 2.05) is 13.8 Å². The van der Waals surface area contributed by atoms with E-state index in [9.17, 15) is 14.7 Å². The molecule has 0 aliphatic carbocycles. The number of ketones is 1. The van der Waals surface area contributed by atoms with E-state index >= 15 is 0 Å². The molecule has 1 atom stereocenters. The van der Waals surface area contributed by atoms with Gasteiger partial charge in [0.25, 0.3) is 11.7 Å². The molecule has 1 N–H and O–H groups in total. The summed E-state index contributed by atoms with van der Waals surface area (Å²) in [7, 11) is 0. The number of aliphatic hydroxyl groups excluding tert-OH is 1. The zero-order valence-electron chi connectivity index (χ0n) is 18.9. The minimum absolute atomic E-state index is 0.0608. The second kappa shape index (κ2) is 9.41. The smallest absolute Gasteiger partial charge is 0.295 e. The quantitative estimate of drug-likeness (QED) is 0.359.